The van der Waals surface area contributed by atoms with Gasteiger partial charge in [-0.1, -0.05) is 60.1 Å². The molecule has 18 N–H and O–H groups in total. The second-order valence-electron chi connectivity index (χ2n) is 30.5. The number of rotatable bonds is 17. The molecule has 10 fully saturated rings. The van der Waals surface area contributed by atoms with Gasteiger partial charge in [0.1, 0.15) is 109 Å². The summed E-state index contributed by atoms with van der Waals surface area (Å²) in [5.41, 5.74) is -2.99. The van der Waals surface area contributed by atoms with Crippen molar-refractivity contribution in [2.45, 2.75) is 285 Å². The van der Waals surface area contributed by atoms with E-state index in [4.69, 9.17) is 72.0 Å². The van der Waals surface area contributed by atoms with E-state index >= 15 is 4.79 Å². The van der Waals surface area contributed by atoms with E-state index in [-0.39, 0.29) is 35.5 Å². The Morgan fingerprint density at radius 1 is 0.479 bits per heavy atom. The van der Waals surface area contributed by atoms with Crippen molar-refractivity contribution >= 4 is 5.97 Å². The molecule has 0 aromatic rings. The Hall–Kier alpha value is -2.07. The lowest BCUT2D eigenvalue weighted by molar-refractivity contribution is -0.492. The number of fused-ring (bicyclic) bond motifs is 7. The van der Waals surface area contributed by atoms with Gasteiger partial charge in [0.25, 0.3) is 0 Å². The van der Waals surface area contributed by atoms with Gasteiger partial charge in [-0.15, -0.1) is 0 Å². The summed E-state index contributed by atoms with van der Waals surface area (Å²) in [6.45, 7) is 12.1. The summed E-state index contributed by atoms with van der Waals surface area (Å²) in [6.07, 6.45) is -42.4. The minimum atomic E-state index is -2.18. The number of carbonyl (C=O) groups is 1. The van der Waals surface area contributed by atoms with Crippen molar-refractivity contribution in [3.05, 3.63) is 11.6 Å². The van der Waals surface area contributed by atoms with Crippen LogP contribution >= 0.6 is 0 Å². The van der Waals surface area contributed by atoms with E-state index in [1.54, 1.807) is 0 Å². The number of aliphatic hydroxyl groups is 18. The number of ether oxygens (including phenoxy) is 9. The molecule has 11 aliphatic rings. The molecule has 34 heteroatoms. The molecule has 96 heavy (non-hydrogen) atoms. The predicted molar refractivity (Wildman–Crippen MR) is 310 cm³/mol. The van der Waals surface area contributed by atoms with Gasteiger partial charge in [0.05, 0.1) is 45.2 Å². The lowest BCUT2D eigenvalue weighted by atomic mass is 9.33. The zero-order valence-electron chi connectivity index (χ0n) is 54.5. The highest BCUT2D eigenvalue weighted by Gasteiger charge is 2.72. The van der Waals surface area contributed by atoms with E-state index in [9.17, 15) is 91.9 Å². The fourth-order valence-electron chi connectivity index (χ4n) is 18.2. The monoisotopic (exact) mass is 1390 g/mol. The van der Waals surface area contributed by atoms with Crippen LogP contribution in [0.15, 0.2) is 11.6 Å². The summed E-state index contributed by atoms with van der Waals surface area (Å²) in [7, 11) is 0. The predicted octanol–water partition coefficient (Wildman–Crippen LogP) is -5.75. The molecular formula is C62H100O34. The Labute approximate surface area is 552 Å². The molecule has 0 bridgehead atoms. The van der Waals surface area contributed by atoms with Crippen LogP contribution in [0.1, 0.15) is 106 Å². The van der Waals surface area contributed by atoms with Crippen LogP contribution in [-0.2, 0) is 76.8 Å². The Morgan fingerprint density at radius 3 is 1.67 bits per heavy atom. The van der Waals surface area contributed by atoms with Crippen molar-refractivity contribution in [3.63, 3.8) is 0 Å². The normalized spacial score (nSPS) is 53.4. The van der Waals surface area contributed by atoms with E-state index in [1.165, 1.54) is 0 Å². The molecule has 5 aliphatic carbocycles. The molecular weight excluding hydrogens is 1290 g/mol. The fourth-order valence-corrected chi connectivity index (χ4v) is 18.2. The standard InChI is InChI=1S/C62H100O34/c1-57(2)14-15-62(56(81)90-53-41(76)38(73)48(49(80)89-53)93-95-52-43(78)46(27(67)22-84-52)92-96-55-40(75)37(72)35(70)28(18-63)86-55)24(16-57)23-8-9-31-59(5)12-11-33(58(3,4)30(59)10-13-60(31,6)61(23,7)17-32(62)68)87-54-44(79)47(36(71)29(19-64)85-54)88-50-42(77)45(26(66)21-82-50)91-94-51-39(74)34(69)25(65)20-83-51/h8,24-55,63-80H,9-22H2,1-7H3. The van der Waals surface area contributed by atoms with Crippen molar-refractivity contribution in [1.29, 1.82) is 0 Å². The van der Waals surface area contributed by atoms with Gasteiger partial charge in [-0.25, -0.2) is 29.3 Å². The van der Waals surface area contributed by atoms with Crippen molar-refractivity contribution in [2.75, 3.05) is 33.0 Å². The molecule has 552 valence electrons. The molecule has 0 aromatic heterocycles. The maximum absolute atomic E-state index is 15.2. The molecule has 4 saturated carbocycles. The largest absolute Gasteiger partial charge is 0.432 e. The minimum Gasteiger partial charge on any atom is -0.432 e. The molecule has 6 heterocycles. The molecule has 6 saturated heterocycles. The zero-order chi connectivity index (χ0) is 69.8. The molecule has 34 nitrogen and oxygen atoms in total. The average molecular weight is 1390 g/mol. The number of allylic oxidation sites excluding steroid dienone is 2. The Kier molecular flexibility index (Phi) is 22.3. The highest BCUT2D eigenvalue weighted by Crippen LogP contribution is 2.76. The molecule has 6 aliphatic heterocycles. The maximum atomic E-state index is 15.2. The molecule has 0 radical (unpaired) electrons. The summed E-state index contributed by atoms with van der Waals surface area (Å²) >= 11 is 0. The first kappa shape index (κ1) is 75.1. The van der Waals surface area contributed by atoms with E-state index < -0.39 is 245 Å². The topological polar surface area (TPSA) is 520 Å². The lowest BCUT2D eigenvalue weighted by Crippen LogP contribution is -2.68. The van der Waals surface area contributed by atoms with Crippen molar-refractivity contribution in [2.24, 2.45) is 50.2 Å². The summed E-state index contributed by atoms with van der Waals surface area (Å²) < 4.78 is 51.7. The van der Waals surface area contributed by atoms with E-state index in [0.29, 0.717) is 44.9 Å². The summed E-state index contributed by atoms with van der Waals surface area (Å²) in [4.78, 5) is 46.2. The van der Waals surface area contributed by atoms with Gasteiger partial charge in [-0.05, 0) is 103 Å². The summed E-state index contributed by atoms with van der Waals surface area (Å²) in [6, 6.07) is 0. The quantitative estimate of drug-likeness (QED) is 0.0212. The third kappa shape index (κ3) is 13.1. The van der Waals surface area contributed by atoms with Crippen LogP contribution in [-0.4, -0.2) is 309 Å². The third-order valence-corrected chi connectivity index (χ3v) is 24.1. The Bertz CT molecular complexity index is 2680. The molecule has 0 amide bonds. The van der Waals surface area contributed by atoms with Crippen LogP contribution < -0.4 is 0 Å². The van der Waals surface area contributed by atoms with E-state index in [0.717, 1.165) is 5.57 Å². The molecule has 11 rings (SSSR count). The van der Waals surface area contributed by atoms with Crippen molar-refractivity contribution < 1.29 is 169 Å². The van der Waals surface area contributed by atoms with E-state index in [2.05, 4.69) is 54.5 Å². The van der Waals surface area contributed by atoms with Gasteiger partial charge in [0.2, 0.25) is 25.2 Å². The van der Waals surface area contributed by atoms with Gasteiger partial charge >= 0.3 is 5.97 Å². The second-order valence-corrected chi connectivity index (χ2v) is 30.5. The van der Waals surface area contributed by atoms with Crippen LogP contribution in [0.4, 0.5) is 0 Å². The van der Waals surface area contributed by atoms with Crippen LogP contribution in [0.25, 0.3) is 0 Å². The number of hydrogen-bond acceptors (Lipinski definition) is 34. The summed E-state index contributed by atoms with van der Waals surface area (Å²) in [5, 5.41) is 195. The molecule has 0 aromatic carbocycles. The average Bonchev–Trinajstić information content (AvgIpc) is 0.672. The first-order valence-corrected chi connectivity index (χ1v) is 33.2. The number of esters is 1. The molecule has 36 unspecified atom stereocenters. The molecule has 0 spiro atoms. The SMILES string of the molecule is CC1(C)CCC2(C(=O)OC3OC(O)C(OOC4OCC(O)C(OOC5OC(CO)C(O)C(O)C5O)C4O)C(O)C3O)C(O)CC3(C)C(=CCC4C5(C)CCC(OC6OC(CO)C(O)C(OC7OCC(O)C(OOC8OCC(O)C(O)C8O)C7O)C6O)C(C)(C)C5CCC43C)C2C1. The van der Waals surface area contributed by atoms with Gasteiger partial charge in [0, 0.05) is 0 Å². The lowest BCUT2D eigenvalue weighted by Gasteiger charge is -2.71. The van der Waals surface area contributed by atoms with Crippen molar-refractivity contribution in [3.8, 4) is 0 Å². The fraction of sp³-hybridized carbons (Fsp3) is 0.952. The minimum absolute atomic E-state index is 0.00157. The van der Waals surface area contributed by atoms with Crippen LogP contribution in [0, 0.1) is 50.2 Å². The van der Waals surface area contributed by atoms with Crippen LogP contribution in [0.2, 0.25) is 0 Å². The molecule has 36 atom stereocenters. The van der Waals surface area contributed by atoms with Gasteiger partial charge < -0.3 is 135 Å². The zero-order valence-corrected chi connectivity index (χ0v) is 54.5. The number of carbonyl (C=O) groups excluding carboxylic acids is 1. The smallest absolute Gasteiger partial charge is 0.317 e. The van der Waals surface area contributed by atoms with Gasteiger partial charge in [0.15, 0.2) is 37.2 Å². The first-order chi connectivity index (χ1) is 45.1. The Balaban J connectivity index is 0.739. The van der Waals surface area contributed by atoms with Gasteiger partial charge in [-0.2, -0.15) is 0 Å². The Morgan fingerprint density at radius 2 is 1.02 bits per heavy atom. The third-order valence-electron chi connectivity index (χ3n) is 24.1. The number of hydrogen-bond donors (Lipinski definition) is 18. The van der Waals surface area contributed by atoms with Gasteiger partial charge in [-0.3, -0.25) is 4.79 Å². The van der Waals surface area contributed by atoms with Crippen molar-refractivity contribution in [1.82, 2.24) is 0 Å². The second kappa shape index (κ2) is 28.5. The highest BCUT2D eigenvalue weighted by atomic mass is 17.2. The van der Waals surface area contributed by atoms with Crippen LogP contribution in [0.3, 0.4) is 0 Å². The summed E-state index contributed by atoms with van der Waals surface area (Å²) in [5.74, 6) is -1.46. The maximum Gasteiger partial charge on any atom is 0.317 e. The van der Waals surface area contributed by atoms with E-state index in [1.807, 2.05) is 0 Å². The first-order valence-electron chi connectivity index (χ1n) is 33.2. The number of aliphatic hydroxyl groups excluding tert-OH is 18. The highest BCUT2D eigenvalue weighted by molar-refractivity contribution is 5.80. The van der Waals surface area contributed by atoms with Crippen LogP contribution in [0.5, 0.6) is 0 Å².